The van der Waals surface area contributed by atoms with E-state index in [0.717, 1.165) is 0 Å². The van der Waals surface area contributed by atoms with Crippen molar-refractivity contribution in [3.05, 3.63) is 59.1 Å². The molecule has 0 unspecified atom stereocenters. The minimum atomic E-state index is -1.04. The monoisotopic (exact) mass is 417 g/mol. The number of carbonyl (C=O) groups is 3. The van der Waals surface area contributed by atoms with Crippen molar-refractivity contribution in [2.75, 3.05) is 12.4 Å². The van der Waals surface area contributed by atoms with Gasteiger partial charge in [0.2, 0.25) is 11.8 Å². The molecule has 1 heterocycles. The Balaban J connectivity index is 1.74. The molecule has 1 atom stereocenters. The van der Waals surface area contributed by atoms with Crippen molar-refractivity contribution < 1.29 is 19.5 Å². The van der Waals surface area contributed by atoms with E-state index in [1.807, 2.05) is 0 Å². The molecule has 0 spiro atoms. The summed E-state index contributed by atoms with van der Waals surface area (Å²) in [5.74, 6) is -1.61. The molecule has 9 heteroatoms. The molecule has 0 aromatic heterocycles. The Labute approximate surface area is 170 Å². The highest BCUT2D eigenvalue weighted by Gasteiger charge is 2.34. The molecule has 28 heavy (non-hydrogen) atoms. The number of carboxylic acid groups (broad SMARTS) is 1. The summed E-state index contributed by atoms with van der Waals surface area (Å²) in [7, 11) is 1.61. The van der Waals surface area contributed by atoms with Crippen LogP contribution in [0.5, 0.6) is 0 Å². The van der Waals surface area contributed by atoms with E-state index >= 15 is 0 Å². The van der Waals surface area contributed by atoms with Gasteiger partial charge in [-0.15, -0.1) is 0 Å². The van der Waals surface area contributed by atoms with Gasteiger partial charge in [0.25, 0.3) is 0 Å². The standard InChI is InChI=1S/C19H16ClN3O4S/c1-23-16(24)10-15(28-19(23)22-14-8-4-12(20)5-9-14)17(25)21-13-6-2-11(3-7-13)18(26)27/h2-9,15H,10H2,1H3,(H,21,25)(H,26,27)/t15-/m0/s1. The van der Waals surface area contributed by atoms with Crippen LogP contribution < -0.4 is 5.32 Å². The van der Waals surface area contributed by atoms with Gasteiger partial charge in [-0.05, 0) is 48.5 Å². The van der Waals surface area contributed by atoms with Gasteiger partial charge in [-0.25, -0.2) is 9.79 Å². The van der Waals surface area contributed by atoms with Crippen LogP contribution in [0, 0.1) is 0 Å². The molecule has 0 aliphatic carbocycles. The molecule has 2 amide bonds. The number of rotatable bonds is 4. The quantitative estimate of drug-likeness (QED) is 0.791. The summed E-state index contributed by atoms with van der Waals surface area (Å²) in [5.41, 5.74) is 1.20. The van der Waals surface area contributed by atoms with Gasteiger partial charge in [0.15, 0.2) is 5.17 Å². The lowest BCUT2D eigenvalue weighted by atomic mass is 10.2. The van der Waals surface area contributed by atoms with E-state index in [-0.39, 0.29) is 23.8 Å². The molecular weight excluding hydrogens is 402 g/mol. The number of benzene rings is 2. The topological polar surface area (TPSA) is 99.1 Å². The predicted molar refractivity (Wildman–Crippen MR) is 109 cm³/mol. The number of thioether (sulfide) groups is 1. The zero-order valence-electron chi connectivity index (χ0n) is 14.8. The lowest BCUT2D eigenvalue weighted by molar-refractivity contribution is -0.128. The van der Waals surface area contributed by atoms with E-state index in [0.29, 0.717) is 21.6 Å². The fourth-order valence-electron chi connectivity index (χ4n) is 2.44. The highest BCUT2D eigenvalue weighted by molar-refractivity contribution is 8.15. The molecule has 0 bridgehead atoms. The zero-order valence-corrected chi connectivity index (χ0v) is 16.3. The number of nitrogens with one attached hydrogen (secondary N) is 1. The fourth-order valence-corrected chi connectivity index (χ4v) is 3.63. The van der Waals surface area contributed by atoms with Crippen LogP contribution in [-0.2, 0) is 9.59 Å². The molecule has 1 aliphatic rings. The van der Waals surface area contributed by atoms with Crippen LogP contribution >= 0.6 is 23.4 Å². The molecule has 144 valence electrons. The number of nitrogens with zero attached hydrogens (tertiary/aromatic N) is 2. The lowest BCUT2D eigenvalue weighted by Gasteiger charge is -2.28. The average Bonchev–Trinajstić information content (AvgIpc) is 2.67. The minimum Gasteiger partial charge on any atom is -0.478 e. The molecule has 2 aromatic rings. The molecule has 0 radical (unpaired) electrons. The normalized spacial score (nSPS) is 18.2. The maximum atomic E-state index is 12.6. The summed E-state index contributed by atoms with van der Waals surface area (Å²) in [4.78, 5) is 41.7. The Morgan fingerprint density at radius 3 is 2.43 bits per heavy atom. The first-order valence-electron chi connectivity index (χ1n) is 8.25. The third-order valence-electron chi connectivity index (χ3n) is 4.01. The second kappa shape index (κ2) is 8.45. The van der Waals surface area contributed by atoms with Crippen molar-refractivity contribution >= 4 is 57.7 Å². The number of aromatic carboxylic acids is 1. The molecule has 0 saturated carbocycles. The highest BCUT2D eigenvalue weighted by atomic mass is 35.5. The van der Waals surface area contributed by atoms with E-state index in [1.54, 1.807) is 31.3 Å². The maximum Gasteiger partial charge on any atom is 0.335 e. The molecule has 1 saturated heterocycles. The third-order valence-corrected chi connectivity index (χ3v) is 5.51. The first kappa shape index (κ1) is 19.9. The Bertz CT molecular complexity index is 945. The van der Waals surface area contributed by atoms with Crippen molar-refractivity contribution in [3.63, 3.8) is 0 Å². The molecule has 3 rings (SSSR count). The van der Waals surface area contributed by atoms with Crippen LogP contribution in [-0.4, -0.2) is 45.3 Å². The molecule has 1 fully saturated rings. The SMILES string of the molecule is CN1C(=O)C[C@@H](C(=O)Nc2ccc(C(=O)O)cc2)SC1=Nc1ccc(Cl)cc1. The third kappa shape index (κ3) is 4.71. The Morgan fingerprint density at radius 1 is 1.18 bits per heavy atom. The van der Waals surface area contributed by atoms with Crippen molar-refractivity contribution in [3.8, 4) is 0 Å². The second-order valence-electron chi connectivity index (χ2n) is 6.01. The first-order chi connectivity index (χ1) is 13.3. The summed E-state index contributed by atoms with van der Waals surface area (Å²) in [6.07, 6.45) is 0.0415. The van der Waals surface area contributed by atoms with Crippen molar-refractivity contribution in [1.82, 2.24) is 4.90 Å². The van der Waals surface area contributed by atoms with Crippen LogP contribution in [0.25, 0.3) is 0 Å². The van der Waals surface area contributed by atoms with Crippen LogP contribution in [0.4, 0.5) is 11.4 Å². The fraction of sp³-hybridized carbons (Fsp3) is 0.158. The summed E-state index contributed by atoms with van der Waals surface area (Å²) >= 11 is 7.07. The maximum absolute atomic E-state index is 12.6. The average molecular weight is 418 g/mol. The van der Waals surface area contributed by atoms with E-state index < -0.39 is 11.2 Å². The number of carboxylic acids is 1. The van der Waals surface area contributed by atoms with Gasteiger partial charge in [0.1, 0.15) is 5.25 Å². The number of amidine groups is 1. The van der Waals surface area contributed by atoms with Crippen LogP contribution in [0.2, 0.25) is 5.02 Å². The molecule has 7 nitrogen and oxygen atoms in total. The number of halogens is 1. The van der Waals surface area contributed by atoms with Gasteiger partial charge in [0, 0.05) is 24.2 Å². The van der Waals surface area contributed by atoms with E-state index in [9.17, 15) is 14.4 Å². The van der Waals surface area contributed by atoms with Crippen LogP contribution in [0.3, 0.4) is 0 Å². The number of carbonyl (C=O) groups excluding carboxylic acids is 2. The minimum absolute atomic E-state index is 0.0415. The van der Waals surface area contributed by atoms with Crippen molar-refractivity contribution in [2.45, 2.75) is 11.7 Å². The number of anilines is 1. The molecule has 2 aromatic carbocycles. The first-order valence-corrected chi connectivity index (χ1v) is 9.51. The summed E-state index contributed by atoms with van der Waals surface area (Å²) in [5, 5.41) is 12.0. The Hall–Kier alpha value is -2.84. The van der Waals surface area contributed by atoms with Gasteiger partial charge in [-0.2, -0.15) is 0 Å². The van der Waals surface area contributed by atoms with Gasteiger partial charge in [-0.3, -0.25) is 14.5 Å². The summed E-state index contributed by atoms with van der Waals surface area (Å²) in [6.45, 7) is 0. The van der Waals surface area contributed by atoms with Gasteiger partial charge < -0.3 is 10.4 Å². The van der Waals surface area contributed by atoms with Crippen molar-refractivity contribution in [1.29, 1.82) is 0 Å². The summed E-state index contributed by atoms with van der Waals surface area (Å²) in [6, 6.07) is 12.7. The zero-order chi connectivity index (χ0) is 20.3. The number of aliphatic imine (C=N–C) groups is 1. The number of hydrogen-bond donors (Lipinski definition) is 2. The van der Waals surface area contributed by atoms with Crippen LogP contribution in [0.1, 0.15) is 16.8 Å². The second-order valence-corrected chi connectivity index (χ2v) is 7.61. The molecule has 2 N–H and O–H groups in total. The predicted octanol–water partition coefficient (Wildman–Crippen LogP) is 3.63. The van der Waals surface area contributed by atoms with E-state index in [1.165, 1.54) is 40.9 Å². The highest BCUT2D eigenvalue weighted by Crippen LogP contribution is 2.29. The molecule has 1 aliphatic heterocycles. The number of hydrogen-bond acceptors (Lipinski definition) is 5. The number of amides is 2. The van der Waals surface area contributed by atoms with E-state index in [2.05, 4.69) is 10.3 Å². The smallest absolute Gasteiger partial charge is 0.335 e. The van der Waals surface area contributed by atoms with Crippen molar-refractivity contribution in [2.24, 2.45) is 4.99 Å². The van der Waals surface area contributed by atoms with Gasteiger partial charge in [0.05, 0.1) is 11.3 Å². The molecular formula is C19H16ClN3O4S. The van der Waals surface area contributed by atoms with Gasteiger partial charge in [-0.1, -0.05) is 23.4 Å². The Morgan fingerprint density at radius 2 is 1.82 bits per heavy atom. The van der Waals surface area contributed by atoms with Crippen LogP contribution in [0.15, 0.2) is 53.5 Å². The van der Waals surface area contributed by atoms with E-state index in [4.69, 9.17) is 16.7 Å². The lowest BCUT2D eigenvalue weighted by Crippen LogP contribution is -2.43. The Kier molecular flexibility index (Phi) is 6.01. The van der Waals surface area contributed by atoms with Gasteiger partial charge >= 0.3 is 5.97 Å². The largest absolute Gasteiger partial charge is 0.478 e. The summed E-state index contributed by atoms with van der Waals surface area (Å²) < 4.78 is 0.